The van der Waals surface area contributed by atoms with E-state index in [-0.39, 0.29) is 11.8 Å². The number of carbonyl (C=O) groups is 4. The van der Waals surface area contributed by atoms with Gasteiger partial charge in [0.1, 0.15) is 0 Å². The van der Waals surface area contributed by atoms with Crippen LogP contribution in [-0.4, -0.2) is 60.1 Å². The Kier molecular flexibility index (Phi) is 5.69. The minimum Gasteiger partial charge on any atom is -0.284 e. The van der Waals surface area contributed by atoms with Gasteiger partial charge in [-0.15, -0.1) is 0 Å². The number of benzene rings is 3. The van der Waals surface area contributed by atoms with Gasteiger partial charge in [0.05, 0.1) is 35.3 Å². The van der Waals surface area contributed by atoms with E-state index in [1.54, 1.807) is 48.5 Å². The van der Waals surface area contributed by atoms with Gasteiger partial charge in [-0.25, -0.2) is 9.80 Å². The van der Waals surface area contributed by atoms with Crippen LogP contribution in [0, 0.1) is 11.8 Å². The molecule has 4 saturated heterocycles. The summed E-state index contributed by atoms with van der Waals surface area (Å²) in [7, 11) is 3.44. The zero-order valence-corrected chi connectivity index (χ0v) is 21.8. The Balaban J connectivity index is 1.15. The highest BCUT2D eigenvalue weighted by Crippen LogP contribution is 2.47. The molecule has 0 aliphatic carbocycles. The van der Waals surface area contributed by atoms with Crippen molar-refractivity contribution in [3.63, 3.8) is 0 Å². The number of fused-ring (bicyclic) bond motifs is 2. The van der Waals surface area contributed by atoms with Crippen LogP contribution in [0.2, 0.25) is 0 Å². The average molecular weight is 539 g/mol. The maximum Gasteiger partial charge on any atom is 0.265 e. The first-order valence-corrected chi connectivity index (χ1v) is 13.1. The van der Waals surface area contributed by atoms with Crippen molar-refractivity contribution in [3.05, 3.63) is 96.1 Å². The van der Waals surface area contributed by atoms with E-state index >= 15 is 0 Å². The van der Waals surface area contributed by atoms with Gasteiger partial charge in [-0.3, -0.25) is 28.9 Å². The summed E-state index contributed by atoms with van der Waals surface area (Å²) in [6.45, 7) is 0. The Hall–Kier alpha value is -4.22. The third-order valence-electron chi connectivity index (χ3n) is 8.26. The van der Waals surface area contributed by atoms with E-state index in [1.807, 2.05) is 60.7 Å². The Labute approximate surface area is 230 Å². The van der Waals surface area contributed by atoms with Crippen molar-refractivity contribution in [1.82, 2.24) is 10.1 Å². The van der Waals surface area contributed by atoms with E-state index < -0.39 is 47.9 Å². The lowest BCUT2D eigenvalue weighted by molar-refractivity contribution is -0.160. The molecule has 4 heterocycles. The summed E-state index contributed by atoms with van der Waals surface area (Å²) < 4.78 is 0. The Morgan fingerprint density at radius 1 is 0.500 bits per heavy atom. The summed E-state index contributed by atoms with van der Waals surface area (Å²) in [5, 5.41) is 3.15. The predicted octanol–water partition coefficient (Wildman–Crippen LogP) is 2.64. The van der Waals surface area contributed by atoms with Crippen LogP contribution in [0.25, 0.3) is 0 Å². The molecule has 0 spiro atoms. The van der Waals surface area contributed by atoms with Crippen LogP contribution in [0.5, 0.6) is 0 Å². The van der Waals surface area contributed by atoms with Crippen molar-refractivity contribution in [2.24, 2.45) is 11.8 Å². The highest BCUT2D eigenvalue weighted by Gasteiger charge is 2.60. The molecule has 4 fully saturated rings. The molecular weight excluding hydrogens is 512 g/mol. The lowest BCUT2D eigenvalue weighted by Crippen LogP contribution is -2.37. The molecule has 0 unspecified atom stereocenters. The van der Waals surface area contributed by atoms with Crippen LogP contribution < -0.4 is 9.80 Å². The molecule has 0 aromatic heterocycles. The minimum absolute atomic E-state index is 0.351. The fourth-order valence-electron chi connectivity index (χ4n) is 6.49. The van der Waals surface area contributed by atoms with Gasteiger partial charge in [-0.1, -0.05) is 60.7 Å². The highest BCUT2D eigenvalue weighted by molar-refractivity contribution is 6.25. The van der Waals surface area contributed by atoms with Gasteiger partial charge < -0.3 is 0 Å². The maximum atomic E-state index is 13.6. The largest absolute Gasteiger partial charge is 0.284 e. The van der Waals surface area contributed by atoms with Crippen LogP contribution in [0.3, 0.4) is 0 Å². The monoisotopic (exact) mass is 538 g/mol. The van der Waals surface area contributed by atoms with Crippen molar-refractivity contribution in [2.75, 3.05) is 23.9 Å². The van der Waals surface area contributed by atoms with Gasteiger partial charge >= 0.3 is 0 Å². The molecule has 4 aliphatic heterocycles. The molecule has 4 aliphatic rings. The summed E-state index contributed by atoms with van der Waals surface area (Å²) in [5.41, 5.74) is 2.47. The third kappa shape index (κ3) is 3.50. The molecule has 7 rings (SSSR count). The number of nitrogens with zero attached hydrogens (tertiary/aromatic N) is 4. The summed E-state index contributed by atoms with van der Waals surface area (Å²) in [6, 6.07) is 24.4. The lowest BCUT2D eigenvalue weighted by atomic mass is 9.91. The normalized spacial score (nSPS) is 30.4. The van der Waals surface area contributed by atoms with Crippen LogP contribution in [0.1, 0.15) is 23.2 Å². The van der Waals surface area contributed by atoms with Crippen LogP contribution in [-0.2, 0) is 28.9 Å². The number of carbonyl (C=O) groups excluding carboxylic acids is 4. The lowest BCUT2D eigenvalue weighted by Gasteiger charge is -2.25. The number of rotatable bonds is 4. The topological polar surface area (TPSA) is 99.7 Å². The first-order valence-electron chi connectivity index (χ1n) is 13.1. The van der Waals surface area contributed by atoms with Crippen molar-refractivity contribution in [1.29, 1.82) is 0 Å². The average Bonchev–Trinajstić information content (AvgIpc) is 3.64. The number of hydrogen-bond donors (Lipinski definition) is 0. The molecule has 40 heavy (non-hydrogen) atoms. The van der Waals surface area contributed by atoms with E-state index in [1.165, 1.54) is 0 Å². The molecule has 3 aromatic carbocycles. The summed E-state index contributed by atoms with van der Waals surface area (Å²) >= 11 is 0. The highest BCUT2D eigenvalue weighted by atomic mass is 16.7. The van der Waals surface area contributed by atoms with Crippen LogP contribution in [0.15, 0.2) is 84.9 Å². The number of hydroxylamine groups is 4. The standard InChI is InChI=1S/C30H26N4O6/c1-31-23(17-9-5-3-6-10-17)21-25(39-31)29(37)33(27(21)35)19-13-15-20(16-14-19)34-28(36)22-24(18-11-7-4-8-12-18)32(2)40-26(22)30(34)38/h3-16,21-26H,1-2H3/t21-,22-,23-,24+,25+,26+/m1/s1. The number of anilines is 2. The third-order valence-corrected chi connectivity index (χ3v) is 8.26. The first-order chi connectivity index (χ1) is 19.4. The summed E-state index contributed by atoms with van der Waals surface area (Å²) in [4.78, 5) is 67.7. The van der Waals surface area contributed by atoms with E-state index in [4.69, 9.17) is 9.68 Å². The summed E-state index contributed by atoms with van der Waals surface area (Å²) in [5.74, 6) is -2.98. The first kappa shape index (κ1) is 24.8. The van der Waals surface area contributed by atoms with Gasteiger partial charge in [0.25, 0.3) is 11.8 Å². The van der Waals surface area contributed by atoms with E-state index in [9.17, 15) is 19.2 Å². The number of amides is 4. The van der Waals surface area contributed by atoms with Crippen molar-refractivity contribution >= 4 is 35.0 Å². The van der Waals surface area contributed by atoms with Crippen molar-refractivity contribution < 1.29 is 28.9 Å². The number of imide groups is 2. The molecule has 6 atom stereocenters. The molecule has 0 saturated carbocycles. The van der Waals surface area contributed by atoms with Gasteiger partial charge in [0.15, 0.2) is 12.2 Å². The SMILES string of the molecule is CN1O[C@@H]2C(=O)N(c3ccc(N4C(=O)[C@H]5[C@H](ON(C)[C@H]5c5ccccc5)C4=O)cc3)C(=O)[C@@H]2[C@H]1c1ccccc1. The van der Waals surface area contributed by atoms with Crippen LogP contribution >= 0.6 is 0 Å². The fraction of sp³-hybridized carbons (Fsp3) is 0.267. The smallest absolute Gasteiger partial charge is 0.265 e. The van der Waals surface area contributed by atoms with E-state index in [2.05, 4.69) is 0 Å². The molecule has 0 N–H and O–H groups in total. The fourth-order valence-corrected chi connectivity index (χ4v) is 6.49. The predicted molar refractivity (Wildman–Crippen MR) is 142 cm³/mol. The van der Waals surface area contributed by atoms with Crippen molar-refractivity contribution in [3.8, 4) is 0 Å². The zero-order valence-electron chi connectivity index (χ0n) is 21.8. The second-order valence-electron chi connectivity index (χ2n) is 10.4. The van der Waals surface area contributed by atoms with Gasteiger partial charge in [-0.05, 0) is 35.4 Å². The Morgan fingerprint density at radius 3 is 1.20 bits per heavy atom. The molecule has 202 valence electrons. The molecule has 4 amide bonds. The Bertz CT molecular complexity index is 1400. The van der Waals surface area contributed by atoms with Crippen LogP contribution in [0.4, 0.5) is 11.4 Å². The van der Waals surface area contributed by atoms with Gasteiger partial charge in [0.2, 0.25) is 11.8 Å². The molecule has 10 heteroatoms. The van der Waals surface area contributed by atoms with E-state index in [0.717, 1.165) is 20.9 Å². The molecule has 10 nitrogen and oxygen atoms in total. The quantitative estimate of drug-likeness (QED) is 0.468. The second kappa shape index (κ2) is 9.17. The maximum absolute atomic E-state index is 13.6. The van der Waals surface area contributed by atoms with E-state index in [0.29, 0.717) is 11.4 Å². The second-order valence-corrected chi connectivity index (χ2v) is 10.4. The summed E-state index contributed by atoms with van der Waals surface area (Å²) in [6.07, 6.45) is -1.85. The Morgan fingerprint density at radius 2 is 0.850 bits per heavy atom. The van der Waals surface area contributed by atoms with Gasteiger partial charge in [-0.2, -0.15) is 10.1 Å². The molecule has 0 bridgehead atoms. The molecule has 3 aromatic rings. The molecule has 0 radical (unpaired) electrons. The van der Waals surface area contributed by atoms with Crippen molar-refractivity contribution in [2.45, 2.75) is 24.3 Å². The zero-order chi connectivity index (χ0) is 27.7. The molecular formula is C30H26N4O6. The number of hydrogen-bond acceptors (Lipinski definition) is 8. The van der Waals surface area contributed by atoms with Gasteiger partial charge in [0, 0.05) is 14.1 Å². The minimum atomic E-state index is -0.924.